The van der Waals surface area contributed by atoms with E-state index in [9.17, 15) is 9.59 Å². The lowest BCUT2D eigenvalue weighted by Crippen LogP contribution is -2.35. The van der Waals surface area contributed by atoms with Crippen LogP contribution in [0, 0.1) is 6.92 Å². The van der Waals surface area contributed by atoms with Crippen LogP contribution in [-0.2, 0) is 4.79 Å². The molecular formula is C11H14N2O3. The zero-order valence-corrected chi connectivity index (χ0v) is 9.23. The van der Waals surface area contributed by atoms with E-state index in [0.717, 1.165) is 5.56 Å². The lowest BCUT2D eigenvalue weighted by molar-refractivity contribution is -0.137. The molecule has 0 bridgehead atoms. The molecule has 1 unspecified atom stereocenters. The van der Waals surface area contributed by atoms with Crippen molar-refractivity contribution < 1.29 is 14.7 Å². The molecule has 16 heavy (non-hydrogen) atoms. The number of hydrogen-bond donors (Lipinski definition) is 2. The Morgan fingerprint density at radius 1 is 1.56 bits per heavy atom. The van der Waals surface area contributed by atoms with Crippen LogP contribution in [0.4, 0.5) is 0 Å². The SMILES string of the molecule is Cc1cccnc1C(=O)NC(C)CC(=O)O. The van der Waals surface area contributed by atoms with Crippen LogP contribution in [0.15, 0.2) is 18.3 Å². The fourth-order valence-electron chi connectivity index (χ4n) is 1.33. The molecule has 1 aromatic heterocycles. The number of rotatable bonds is 4. The molecule has 1 amide bonds. The molecule has 1 aromatic rings. The van der Waals surface area contributed by atoms with Crippen molar-refractivity contribution in [2.45, 2.75) is 26.3 Å². The first-order valence-corrected chi connectivity index (χ1v) is 4.95. The number of carboxylic acid groups (broad SMARTS) is 1. The Bertz CT molecular complexity index is 404. The van der Waals surface area contributed by atoms with Gasteiger partial charge in [0.2, 0.25) is 0 Å². The van der Waals surface area contributed by atoms with Gasteiger partial charge in [0, 0.05) is 12.2 Å². The minimum atomic E-state index is -0.939. The predicted octanol–water partition coefficient (Wildman–Crippen LogP) is 0.983. The average Bonchev–Trinajstić information content (AvgIpc) is 2.16. The summed E-state index contributed by atoms with van der Waals surface area (Å²) in [6.07, 6.45) is 1.43. The molecule has 86 valence electrons. The van der Waals surface area contributed by atoms with Crippen molar-refractivity contribution in [1.82, 2.24) is 10.3 Å². The Hall–Kier alpha value is -1.91. The number of nitrogens with one attached hydrogen (secondary N) is 1. The molecule has 5 nitrogen and oxygen atoms in total. The second-order valence-corrected chi connectivity index (χ2v) is 3.64. The van der Waals surface area contributed by atoms with Gasteiger partial charge in [-0.25, -0.2) is 0 Å². The molecule has 0 spiro atoms. The fourth-order valence-corrected chi connectivity index (χ4v) is 1.33. The van der Waals surface area contributed by atoms with Crippen molar-refractivity contribution in [3.05, 3.63) is 29.6 Å². The number of hydrogen-bond acceptors (Lipinski definition) is 3. The molecular weight excluding hydrogens is 208 g/mol. The third-order valence-corrected chi connectivity index (χ3v) is 2.08. The standard InChI is InChI=1S/C11H14N2O3/c1-7-4-3-5-12-10(7)11(16)13-8(2)6-9(14)15/h3-5,8H,6H2,1-2H3,(H,13,16)(H,14,15). The summed E-state index contributed by atoms with van der Waals surface area (Å²) < 4.78 is 0. The van der Waals surface area contributed by atoms with Crippen LogP contribution < -0.4 is 5.32 Å². The monoisotopic (exact) mass is 222 g/mol. The fraction of sp³-hybridized carbons (Fsp3) is 0.364. The molecule has 5 heteroatoms. The molecule has 1 atom stereocenters. The number of amides is 1. The molecule has 0 radical (unpaired) electrons. The van der Waals surface area contributed by atoms with Gasteiger partial charge in [0.25, 0.3) is 5.91 Å². The van der Waals surface area contributed by atoms with Gasteiger partial charge in [-0.2, -0.15) is 0 Å². The van der Waals surface area contributed by atoms with Crippen molar-refractivity contribution in [1.29, 1.82) is 0 Å². The first-order valence-electron chi connectivity index (χ1n) is 4.95. The Kier molecular flexibility index (Phi) is 3.99. The maximum absolute atomic E-state index is 11.7. The molecule has 0 fully saturated rings. The van der Waals surface area contributed by atoms with Gasteiger partial charge in [-0.05, 0) is 25.5 Å². The summed E-state index contributed by atoms with van der Waals surface area (Å²) in [5, 5.41) is 11.1. The van der Waals surface area contributed by atoms with Gasteiger partial charge in [0.15, 0.2) is 0 Å². The van der Waals surface area contributed by atoms with Crippen molar-refractivity contribution >= 4 is 11.9 Å². The summed E-state index contributed by atoms with van der Waals surface area (Å²) in [5.41, 5.74) is 1.10. The van der Waals surface area contributed by atoms with Crippen molar-refractivity contribution in [2.75, 3.05) is 0 Å². The number of carbonyl (C=O) groups excluding carboxylic acids is 1. The highest BCUT2D eigenvalue weighted by Crippen LogP contribution is 2.03. The van der Waals surface area contributed by atoms with E-state index >= 15 is 0 Å². The molecule has 0 aliphatic rings. The van der Waals surface area contributed by atoms with Gasteiger partial charge >= 0.3 is 5.97 Å². The summed E-state index contributed by atoms with van der Waals surface area (Å²) in [7, 11) is 0. The predicted molar refractivity (Wildman–Crippen MR) is 58.2 cm³/mol. The van der Waals surface area contributed by atoms with Gasteiger partial charge in [0.1, 0.15) is 5.69 Å². The van der Waals surface area contributed by atoms with Gasteiger partial charge in [0.05, 0.1) is 6.42 Å². The number of aromatic nitrogens is 1. The summed E-state index contributed by atoms with van der Waals surface area (Å²) >= 11 is 0. The second kappa shape index (κ2) is 5.25. The van der Waals surface area contributed by atoms with E-state index in [1.54, 1.807) is 26.0 Å². The molecule has 0 saturated carbocycles. The van der Waals surface area contributed by atoms with E-state index in [2.05, 4.69) is 10.3 Å². The highest BCUT2D eigenvalue weighted by Gasteiger charge is 2.14. The summed E-state index contributed by atoms with van der Waals surface area (Å²) in [4.78, 5) is 26.1. The lowest BCUT2D eigenvalue weighted by Gasteiger charge is -2.11. The maximum Gasteiger partial charge on any atom is 0.305 e. The smallest absolute Gasteiger partial charge is 0.305 e. The van der Waals surface area contributed by atoms with Gasteiger partial charge < -0.3 is 10.4 Å². The number of carboxylic acids is 1. The summed E-state index contributed by atoms with van der Waals surface area (Å²) in [6.45, 7) is 3.42. The van der Waals surface area contributed by atoms with Crippen LogP contribution in [-0.4, -0.2) is 28.0 Å². The van der Waals surface area contributed by atoms with E-state index in [0.29, 0.717) is 5.69 Å². The van der Waals surface area contributed by atoms with E-state index in [1.165, 1.54) is 6.20 Å². The minimum absolute atomic E-state index is 0.0996. The lowest BCUT2D eigenvalue weighted by atomic mass is 10.2. The highest BCUT2D eigenvalue weighted by molar-refractivity contribution is 5.93. The van der Waals surface area contributed by atoms with E-state index in [4.69, 9.17) is 5.11 Å². The van der Waals surface area contributed by atoms with E-state index in [1.807, 2.05) is 0 Å². The van der Waals surface area contributed by atoms with Crippen LogP contribution in [0.25, 0.3) is 0 Å². The first kappa shape index (κ1) is 12.2. The molecule has 0 aromatic carbocycles. The largest absolute Gasteiger partial charge is 0.481 e. The third kappa shape index (κ3) is 3.34. The summed E-state index contributed by atoms with van der Waals surface area (Å²) in [5.74, 6) is -1.28. The van der Waals surface area contributed by atoms with E-state index < -0.39 is 12.0 Å². The molecule has 1 heterocycles. The molecule has 0 aliphatic carbocycles. The average molecular weight is 222 g/mol. The Morgan fingerprint density at radius 3 is 2.81 bits per heavy atom. The third-order valence-electron chi connectivity index (χ3n) is 2.08. The zero-order valence-electron chi connectivity index (χ0n) is 9.23. The summed E-state index contributed by atoms with van der Waals surface area (Å²) in [6, 6.07) is 3.11. The normalized spacial score (nSPS) is 11.9. The van der Waals surface area contributed by atoms with Gasteiger partial charge in [-0.15, -0.1) is 0 Å². The van der Waals surface area contributed by atoms with Crippen molar-refractivity contribution in [2.24, 2.45) is 0 Å². The Morgan fingerprint density at radius 2 is 2.25 bits per heavy atom. The second-order valence-electron chi connectivity index (χ2n) is 3.64. The maximum atomic E-state index is 11.7. The van der Waals surface area contributed by atoms with Gasteiger partial charge in [-0.3, -0.25) is 14.6 Å². The number of nitrogens with zero attached hydrogens (tertiary/aromatic N) is 1. The topological polar surface area (TPSA) is 79.3 Å². The number of carbonyl (C=O) groups is 2. The van der Waals surface area contributed by atoms with Crippen LogP contribution in [0.1, 0.15) is 29.4 Å². The Balaban J connectivity index is 2.66. The number of aliphatic carboxylic acids is 1. The number of aryl methyl sites for hydroxylation is 1. The van der Waals surface area contributed by atoms with Gasteiger partial charge in [-0.1, -0.05) is 6.07 Å². The number of pyridine rings is 1. The highest BCUT2D eigenvalue weighted by atomic mass is 16.4. The molecule has 2 N–H and O–H groups in total. The van der Waals surface area contributed by atoms with Crippen LogP contribution in [0.2, 0.25) is 0 Å². The van der Waals surface area contributed by atoms with Crippen LogP contribution in [0.5, 0.6) is 0 Å². The minimum Gasteiger partial charge on any atom is -0.481 e. The quantitative estimate of drug-likeness (QED) is 0.796. The van der Waals surface area contributed by atoms with Crippen LogP contribution in [0.3, 0.4) is 0 Å². The first-order chi connectivity index (χ1) is 7.50. The molecule has 1 rings (SSSR count). The van der Waals surface area contributed by atoms with Crippen molar-refractivity contribution in [3.8, 4) is 0 Å². The Labute approximate surface area is 93.5 Å². The zero-order chi connectivity index (χ0) is 12.1. The molecule has 0 aliphatic heterocycles. The van der Waals surface area contributed by atoms with Crippen molar-refractivity contribution in [3.63, 3.8) is 0 Å². The van der Waals surface area contributed by atoms with Crippen LogP contribution >= 0.6 is 0 Å². The molecule has 0 saturated heterocycles. The van der Waals surface area contributed by atoms with E-state index in [-0.39, 0.29) is 12.3 Å².